The lowest BCUT2D eigenvalue weighted by molar-refractivity contribution is -0.138. The lowest BCUT2D eigenvalue weighted by Gasteiger charge is -2.30. The average Bonchev–Trinajstić information content (AvgIpc) is 3.34. The number of aromatic amines is 1. The summed E-state index contributed by atoms with van der Waals surface area (Å²) in [5.41, 5.74) is -3.48. The molecule has 1 aliphatic rings. The van der Waals surface area contributed by atoms with Crippen molar-refractivity contribution in [3.63, 3.8) is 0 Å². The summed E-state index contributed by atoms with van der Waals surface area (Å²) in [4.78, 5) is 30.6. The minimum absolute atomic E-state index is 0.00545. The zero-order valence-electron chi connectivity index (χ0n) is 22.7. The molecule has 0 aliphatic carbocycles. The number of halogens is 5. The van der Waals surface area contributed by atoms with Gasteiger partial charge in [0, 0.05) is 11.6 Å². The maximum absolute atomic E-state index is 14.3. The van der Waals surface area contributed by atoms with Gasteiger partial charge >= 0.3 is 11.9 Å². The van der Waals surface area contributed by atoms with Crippen molar-refractivity contribution in [2.24, 2.45) is 5.92 Å². The first kappa shape index (κ1) is 31.6. The summed E-state index contributed by atoms with van der Waals surface area (Å²) in [6.07, 6.45) is -4.13. The fraction of sp³-hybridized carbons (Fsp3) is 0.481. The number of nitrogens with one attached hydrogen (secondary N) is 1. The number of H-pyrrole nitrogens is 1. The summed E-state index contributed by atoms with van der Waals surface area (Å²) >= 11 is 12.5. The van der Waals surface area contributed by atoms with Crippen LogP contribution in [0.5, 0.6) is 0 Å². The summed E-state index contributed by atoms with van der Waals surface area (Å²) in [6, 6.07) is 4.63. The van der Waals surface area contributed by atoms with Gasteiger partial charge in [-0.25, -0.2) is 13.2 Å². The number of likely N-dealkylation sites (tertiary alicyclic amines) is 1. The third kappa shape index (κ3) is 6.83. The van der Waals surface area contributed by atoms with E-state index in [0.29, 0.717) is 42.6 Å². The van der Waals surface area contributed by atoms with Crippen molar-refractivity contribution in [2.45, 2.75) is 57.4 Å². The number of alkyl halides is 3. The molecule has 0 radical (unpaired) electrons. The highest BCUT2D eigenvalue weighted by molar-refractivity contribution is 7.91. The van der Waals surface area contributed by atoms with Crippen molar-refractivity contribution in [1.82, 2.24) is 14.5 Å². The van der Waals surface area contributed by atoms with Crippen LogP contribution in [-0.4, -0.2) is 54.3 Å². The summed E-state index contributed by atoms with van der Waals surface area (Å²) in [6.45, 7) is 6.50. The van der Waals surface area contributed by atoms with Gasteiger partial charge in [0.25, 0.3) is 5.56 Å². The first-order valence-electron chi connectivity index (χ1n) is 13.1. The molecule has 224 valence electrons. The van der Waals surface area contributed by atoms with E-state index >= 15 is 0 Å². The third-order valence-corrected chi connectivity index (χ3v) is 9.53. The largest absolute Gasteiger partial charge is 0.658 e. The van der Waals surface area contributed by atoms with Gasteiger partial charge in [0.1, 0.15) is 0 Å². The molecule has 0 saturated carbocycles. The van der Waals surface area contributed by atoms with Crippen LogP contribution in [-0.2, 0) is 29.1 Å². The summed E-state index contributed by atoms with van der Waals surface area (Å²) < 4.78 is 68.7. The molecule has 1 aromatic heterocycles. The van der Waals surface area contributed by atoms with Crippen molar-refractivity contribution in [2.75, 3.05) is 25.4 Å². The number of aromatic nitrogens is 2. The fourth-order valence-electron chi connectivity index (χ4n) is 4.93. The van der Waals surface area contributed by atoms with Crippen LogP contribution in [0.1, 0.15) is 43.9 Å². The van der Waals surface area contributed by atoms with E-state index in [0.717, 1.165) is 0 Å². The van der Waals surface area contributed by atoms with E-state index in [1.54, 1.807) is 0 Å². The van der Waals surface area contributed by atoms with Crippen LogP contribution < -0.4 is 11.2 Å². The van der Waals surface area contributed by atoms with Gasteiger partial charge in [0.05, 0.1) is 38.7 Å². The van der Waals surface area contributed by atoms with Crippen LogP contribution in [0.15, 0.2) is 38.8 Å². The Morgan fingerprint density at radius 3 is 2.49 bits per heavy atom. The SMILES string of the molecule is CCS(=O)(=O)c1ccc(Cl)cc1Cn1c(=O)[nH]c2c(Cl)c(CN3CC[C@@H]([N-]CC(C)C)C3)c(C(F)(F)F)cc2c1=O. The molecule has 1 atom stereocenters. The van der Waals surface area contributed by atoms with Crippen molar-refractivity contribution < 1.29 is 21.6 Å². The van der Waals surface area contributed by atoms with Gasteiger partial charge in [0.15, 0.2) is 9.84 Å². The monoisotopic (exact) mass is 633 g/mol. The molecule has 0 bridgehead atoms. The number of fused-ring (bicyclic) bond motifs is 1. The summed E-state index contributed by atoms with van der Waals surface area (Å²) in [5, 5.41) is 3.97. The minimum atomic E-state index is -4.84. The Hall–Kier alpha value is -2.38. The number of rotatable bonds is 9. The van der Waals surface area contributed by atoms with Crippen molar-refractivity contribution >= 4 is 43.9 Å². The molecule has 8 nitrogen and oxygen atoms in total. The van der Waals surface area contributed by atoms with Crippen molar-refractivity contribution in [3.8, 4) is 0 Å². The maximum atomic E-state index is 14.3. The van der Waals surface area contributed by atoms with Crippen LogP contribution in [0.3, 0.4) is 0 Å². The van der Waals surface area contributed by atoms with Gasteiger partial charge in [-0.05, 0) is 48.5 Å². The Morgan fingerprint density at radius 2 is 1.85 bits per heavy atom. The molecule has 1 aliphatic heterocycles. The molecule has 41 heavy (non-hydrogen) atoms. The highest BCUT2D eigenvalue weighted by Crippen LogP contribution is 2.39. The van der Waals surface area contributed by atoms with Crippen LogP contribution in [0, 0.1) is 5.92 Å². The van der Waals surface area contributed by atoms with Crippen LogP contribution in [0.4, 0.5) is 13.2 Å². The van der Waals surface area contributed by atoms with Gasteiger partial charge < -0.3 is 15.2 Å². The molecule has 1 saturated heterocycles. The molecular formula is C27H30Cl2F3N4O4S-. The quantitative estimate of drug-likeness (QED) is 0.337. The molecular weight excluding hydrogens is 604 g/mol. The van der Waals surface area contributed by atoms with Crippen molar-refractivity contribution in [1.29, 1.82) is 0 Å². The Kier molecular flexibility index (Phi) is 9.30. The summed E-state index contributed by atoms with van der Waals surface area (Å²) in [5.74, 6) is 0.125. The summed E-state index contributed by atoms with van der Waals surface area (Å²) in [7, 11) is -3.76. The van der Waals surface area contributed by atoms with E-state index in [4.69, 9.17) is 23.2 Å². The van der Waals surface area contributed by atoms with Crippen LogP contribution in [0.25, 0.3) is 16.2 Å². The third-order valence-electron chi connectivity index (χ3n) is 7.05. The maximum Gasteiger partial charge on any atom is 0.416 e. The lowest BCUT2D eigenvalue weighted by atomic mass is 10.0. The van der Waals surface area contributed by atoms with Crippen LogP contribution in [0.2, 0.25) is 10.0 Å². The van der Waals surface area contributed by atoms with Crippen LogP contribution >= 0.6 is 23.2 Å². The van der Waals surface area contributed by atoms with E-state index in [2.05, 4.69) is 10.3 Å². The Bertz CT molecular complexity index is 1690. The van der Waals surface area contributed by atoms with E-state index in [1.165, 1.54) is 25.1 Å². The van der Waals surface area contributed by atoms with Gasteiger partial charge in [-0.2, -0.15) is 13.2 Å². The lowest BCUT2D eigenvalue weighted by Crippen LogP contribution is -2.36. The first-order chi connectivity index (χ1) is 19.1. The molecule has 1 fully saturated rings. The van der Waals surface area contributed by atoms with Gasteiger partial charge in [0.2, 0.25) is 0 Å². The normalized spacial score (nSPS) is 16.8. The predicted molar refractivity (Wildman–Crippen MR) is 154 cm³/mol. The molecule has 1 N–H and O–H groups in total. The predicted octanol–water partition coefficient (Wildman–Crippen LogP) is 5.46. The van der Waals surface area contributed by atoms with E-state index in [1.807, 2.05) is 18.7 Å². The Balaban J connectivity index is 1.79. The molecule has 0 spiro atoms. The zero-order valence-corrected chi connectivity index (χ0v) is 25.0. The smallest absolute Gasteiger partial charge is 0.416 e. The first-order valence-corrected chi connectivity index (χ1v) is 15.5. The van der Waals surface area contributed by atoms with Gasteiger partial charge in [-0.15, -0.1) is 12.6 Å². The second kappa shape index (κ2) is 12.1. The van der Waals surface area contributed by atoms with Gasteiger partial charge in [-0.1, -0.05) is 56.3 Å². The minimum Gasteiger partial charge on any atom is -0.658 e. The second-order valence-corrected chi connectivity index (χ2v) is 13.6. The number of hydrogen-bond donors (Lipinski definition) is 1. The van der Waals surface area contributed by atoms with E-state index in [9.17, 15) is 31.2 Å². The number of hydrogen-bond acceptors (Lipinski definition) is 5. The topological polar surface area (TPSA) is 106 Å². The molecule has 2 aromatic carbocycles. The molecule has 14 heteroatoms. The Morgan fingerprint density at radius 1 is 1.15 bits per heavy atom. The average molecular weight is 635 g/mol. The van der Waals surface area contributed by atoms with Gasteiger partial charge in [-0.3, -0.25) is 9.36 Å². The highest BCUT2D eigenvalue weighted by Gasteiger charge is 2.37. The molecule has 0 unspecified atom stereocenters. The van der Waals surface area contributed by atoms with E-state index in [-0.39, 0.29) is 49.9 Å². The number of benzene rings is 2. The Labute approximate surface area is 245 Å². The molecule has 4 rings (SSSR count). The standard InChI is InChI=1S/C27H30Cl2F3N4O4S/c1-4-41(39,40)22-6-5-17(28)9-16(22)12-36-25(37)19-10-21(27(30,31)32)20(23(29)24(19)34-26(36)38)14-35-8-7-18(13-35)33-11-15(2)3/h5-6,9-10,15,18H,4,7-8,11-14H2,1-3H3,(H,34,38)/q-1/t18-/m1/s1. The van der Waals surface area contributed by atoms with Crippen molar-refractivity contribution in [3.05, 3.63) is 77.2 Å². The molecule has 3 aromatic rings. The number of sulfone groups is 1. The number of nitrogens with zero attached hydrogens (tertiary/aromatic N) is 3. The van der Waals surface area contributed by atoms with E-state index < -0.39 is 44.8 Å². The zero-order chi connectivity index (χ0) is 30.3. The second-order valence-electron chi connectivity index (χ2n) is 10.6. The highest BCUT2D eigenvalue weighted by atomic mass is 35.5. The molecule has 2 heterocycles. The molecule has 0 amide bonds. The fourth-order valence-corrected chi connectivity index (χ4v) is 6.55.